The number of rotatable bonds is 0. The Balaban J connectivity index is -0.00000000133. The van der Waals surface area contributed by atoms with Gasteiger partial charge in [-0.3, -0.25) is 0 Å². The van der Waals surface area contributed by atoms with Crippen LogP contribution in [-0.4, -0.2) is 27.4 Å². The quantitative estimate of drug-likeness (QED) is 0.398. The van der Waals surface area contributed by atoms with Crippen LogP contribution in [0.2, 0.25) is 0 Å². The monoisotopic (exact) mass is 225 g/mol. The summed E-state index contributed by atoms with van der Waals surface area (Å²) in [6, 6.07) is 0. The molecule has 0 aliphatic rings. The van der Waals surface area contributed by atoms with E-state index in [2.05, 4.69) is 23.2 Å². The summed E-state index contributed by atoms with van der Waals surface area (Å²) in [5.74, 6) is 0. The van der Waals surface area contributed by atoms with Gasteiger partial charge in [0.25, 0.3) is 0 Å². The molecule has 0 aliphatic heterocycles. The number of hydrogen-bond donors (Lipinski definition) is 0. The first-order valence-electron chi connectivity index (χ1n) is 0.436. The van der Waals surface area contributed by atoms with Crippen LogP contribution in [-0.2, 0) is 17.4 Å². The Morgan fingerprint density at radius 1 is 0.667 bits per heavy atom. The molecule has 10 N–H and O–H groups in total. The minimum atomic E-state index is 0. The molecule has 0 aromatic heterocycles. The van der Waals surface area contributed by atoms with Crippen LogP contribution in [0.3, 0.4) is 0 Å². The Labute approximate surface area is 73.6 Å². The summed E-state index contributed by atoms with van der Waals surface area (Å²) in [4.78, 5) is 0. The Kier molecular flexibility index (Phi) is 1570. The van der Waals surface area contributed by atoms with E-state index in [1.54, 1.807) is 0 Å². The first-order chi connectivity index (χ1) is 1.41. The molecule has 0 aromatic carbocycles. The van der Waals surface area contributed by atoms with Gasteiger partial charge < -0.3 is 50.6 Å². The zero-order valence-electron chi connectivity index (χ0n) is 4.24. The van der Waals surface area contributed by atoms with Crippen molar-refractivity contribution in [1.82, 2.24) is 0 Å². The van der Waals surface area contributed by atoms with Gasteiger partial charge in [0.15, 0.2) is 0 Å². The Morgan fingerprint density at radius 3 is 0.667 bits per heavy atom. The van der Waals surface area contributed by atoms with Gasteiger partial charge in [-0.05, 0) is 0 Å². The maximum atomic E-state index is 4.64. The molecule has 0 rings (SSSR count). The van der Waals surface area contributed by atoms with E-state index < -0.39 is 0 Å². The topological polar surface area (TPSA) is 158 Å². The normalized spacial score (nSPS) is 2.00. The van der Waals surface area contributed by atoms with E-state index in [1.165, 1.54) is 0 Å². The summed E-state index contributed by atoms with van der Waals surface area (Å²) in [6.45, 7) is 0. The van der Waals surface area contributed by atoms with Crippen molar-refractivity contribution in [1.29, 1.82) is 0 Å². The fourth-order valence-electron chi connectivity index (χ4n) is 0. The average molecular weight is 226 g/mol. The molecule has 9 heavy (non-hydrogen) atoms. The van der Waals surface area contributed by atoms with Crippen LogP contribution in [0.5, 0.6) is 0 Å². The van der Waals surface area contributed by atoms with Crippen LogP contribution in [0, 0.1) is 5.34 Å². The summed E-state index contributed by atoms with van der Waals surface area (Å²) in [5.41, 5.74) is 0. The molecule has 8 heteroatoms. The van der Waals surface area contributed by atoms with Crippen molar-refractivity contribution in [2.45, 2.75) is 0 Å². The molecular weight excluding hydrogens is 215 g/mol. The molecular formula is CH11Cl2CrO5+2. The second-order valence-corrected chi connectivity index (χ2v) is 0.742. The largest absolute Gasteiger partial charge is 3.00 e. The molecule has 1 radical (unpaired) electrons. The molecule has 0 aliphatic carbocycles. The third-order valence-corrected chi connectivity index (χ3v) is 0. The maximum absolute atomic E-state index is 4.64. The summed E-state index contributed by atoms with van der Waals surface area (Å²) in [5, 5.41) is 0.944. The van der Waals surface area contributed by atoms with Crippen molar-refractivity contribution in [3.63, 3.8) is 0 Å². The minimum absolute atomic E-state index is 0. The Morgan fingerprint density at radius 2 is 0.667 bits per heavy atom. The van der Waals surface area contributed by atoms with E-state index in [0.717, 1.165) is 5.34 Å². The van der Waals surface area contributed by atoms with E-state index in [0.29, 0.717) is 0 Å². The molecule has 0 heterocycles. The molecule has 0 saturated carbocycles. The zero-order chi connectivity index (χ0) is 2.71. The third kappa shape index (κ3) is 511. The predicted molar refractivity (Wildman–Crippen MR) is 34.1 cm³/mol. The average Bonchev–Trinajstić information content (AvgIpc) is 0.918. The van der Waals surface area contributed by atoms with E-state index >= 15 is 0 Å². The molecule has 5 nitrogen and oxygen atoms in total. The van der Waals surface area contributed by atoms with Gasteiger partial charge in [0.05, 0.1) is 0 Å². The summed E-state index contributed by atoms with van der Waals surface area (Å²) in [6.07, 6.45) is 0. The van der Waals surface area contributed by atoms with Crippen LogP contribution in [0.25, 0.3) is 0 Å². The molecule has 0 spiro atoms. The van der Waals surface area contributed by atoms with Gasteiger partial charge in [0.1, 0.15) is 0 Å². The summed E-state index contributed by atoms with van der Waals surface area (Å²) in [7, 11) is 0. The smallest absolute Gasteiger partial charge is 0.412 e. The van der Waals surface area contributed by atoms with Crippen molar-refractivity contribution >= 4 is 23.2 Å². The van der Waals surface area contributed by atoms with Crippen LogP contribution >= 0.6 is 23.2 Å². The van der Waals surface area contributed by atoms with Gasteiger partial charge in [0, 0.05) is 0 Å². The van der Waals surface area contributed by atoms with E-state index in [1.807, 2.05) is 0 Å². The van der Waals surface area contributed by atoms with E-state index in [4.69, 9.17) is 0 Å². The Hall–Kier alpha value is 0.912. The van der Waals surface area contributed by atoms with Crippen molar-refractivity contribution < 1.29 is 44.7 Å². The van der Waals surface area contributed by atoms with Crippen LogP contribution in [0.15, 0.2) is 0 Å². The number of halogens is 2. The van der Waals surface area contributed by atoms with Gasteiger partial charge in [-0.2, -0.15) is 5.34 Å². The predicted octanol–water partition coefficient (Wildman–Crippen LogP) is -2.54. The van der Waals surface area contributed by atoms with Gasteiger partial charge in [0.2, 0.25) is 0 Å². The van der Waals surface area contributed by atoms with Gasteiger partial charge in [-0.15, -0.1) is 0 Å². The molecule has 0 aromatic rings. The SMILES string of the molecule is Cl[CH-]Cl.O.O.O.O.O.[Cr+3]. The second kappa shape index (κ2) is 153. The molecule has 0 unspecified atom stereocenters. The maximum Gasteiger partial charge on any atom is 3.00 e. The minimum Gasteiger partial charge on any atom is -0.412 e. The zero-order valence-corrected chi connectivity index (χ0v) is 7.03. The van der Waals surface area contributed by atoms with Gasteiger partial charge in [-0.1, -0.05) is 0 Å². The standard InChI is InChI=1S/CHCl2.Cr.5H2O/c2-1-3;;;;;;/h1H;;5*1H2/q-1;+3;;;;;. The van der Waals surface area contributed by atoms with Crippen molar-refractivity contribution in [3.05, 3.63) is 5.34 Å². The third-order valence-electron chi connectivity index (χ3n) is 0. The molecule has 0 atom stereocenters. The first-order valence-corrected chi connectivity index (χ1v) is 1.31. The van der Waals surface area contributed by atoms with E-state index in [-0.39, 0.29) is 44.7 Å². The van der Waals surface area contributed by atoms with Crippen LogP contribution in [0.1, 0.15) is 0 Å². The fourth-order valence-corrected chi connectivity index (χ4v) is 0. The number of hydrogen-bond acceptors (Lipinski definition) is 0. The Bertz CT molecular complexity index is 14.9. The molecule has 0 fully saturated rings. The van der Waals surface area contributed by atoms with Crippen LogP contribution < -0.4 is 0 Å². The summed E-state index contributed by atoms with van der Waals surface area (Å²) >= 11 is 9.28. The van der Waals surface area contributed by atoms with Crippen LogP contribution in [0.4, 0.5) is 0 Å². The molecule has 0 amide bonds. The molecule has 0 saturated heterocycles. The van der Waals surface area contributed by atoms with E-state index in [9.17, 15) is 0 Å². The molecule has 63 valence electrons. The van der Waals surface area contributed by atoms with Gasteiger partial charge in [-0.25, -0.2) is 0 Å². The summed E-state index contributed by atoms with van der Waals surface area (Å²) < 4.78 is 0. The second-order valence-electron chi connectivity index (χ2n) is 0.0825. The van der Waals surface area contributed by atoms with Crippen molar-refractivity contribution in [2.75, 3.05) is 0 Å². The van der Waals surface area contributed by atoms with Crippen molar-refractivity contribution in [3.8, 4) is 0 Å². The fraction of sp³-hybridized carbons (Fsp3) is 0. The van der Waals surface area contributed by atoms with Crippen molar-refractivity contribution in [2.24, 2.45) is 0 Å². The molecule has 0 bridgehead atoms. The van der Waals surface area contributed by atoms with Gasteiger partial charge >= 0.3 is 17.4 Å². The first kappa shape index (κ1) is 92.8.